The molecule has 23 nitrogen and oxygen atoms in total. The first-order valence-electron chi connectivity index (χ1n) is 43.1. The van der Waals surface area contributed by atoms with Gasteiger partial charge in [0.15, 0.2) is 0 Å². The SMILES string of the molecule is CC1CC(Nc2ccc3c(c2)Cc2cccc(-c4cc(N5CCOCC5)cc(=O)[nH]4)c2O3)CCN1.CC1CC(Nc2ccc3c(c2)Cc2cccc(-c4cc(N5CCOCC5)cc(=O)[nH]4)c2O3)CCN1C(=O)OC(C)(C)C.CC1CC(Nc2ccc3c(c2)Cc2cccc(-c4cc(N5CCOCC5)cc(=O)[nH]4)c2O3)CCN1CCc1ccccc1. The van der Waals surface area contributed by atoms with Crippen LogP contribution in [-0.4, -0.2) is 178 Å². The van der Waals surface area contributed by atoms with E-state index in [0.717, 1.165) is 248 Å². The van der Waals surface area contributed by atoms with Gasteiger partial charge in [0.1, 0.15) is 40.1 Å². The molecule has 0 radical (unpaired) electrons. The number of hydrogen-bond acceptors (Lipinski definition) is 19. The Kier molecular flexibility index (Phi) is 24.5. The van der Waals surface area contributed by atoms with E-state index in [1.807, 2.05) is 74.2 Å². The minimum Gasteiger partial charge on any atom is -0.456 e. The van der Waals surface area contributed by atoms with Gasteiger partial charge in [-0.1, -0.05) is 66.7 Å². The van der Waals surface area contributed by atoms with Crippen molar-refractivity contribution in [3.63, 3.8) is 0 Å². The summed E-state index contributed by atoms with van der Waals surface area (Å²) in [6.07, 6.45) is 9.41. The molecule has 6 atom stereocenters. The summed E-state index contributed by atoms with van der Waals surface area (Å²) >= 11 is 0. The van der Waals surface area contributed by atoms with Crippen molar-refractivity contribution in [2.45, 2.75) is 148 Å². The van der Waals surface area contributed by atoms with Crippen LogP contribution in [0.4, 0.5) is 38.9 Å². The second-order valence-electron chi connectivity index (χ2n) is 34.4. The summed E-state index contributed by atoms with van der Waals surface area (Å²) in [5, 5.41) is 14.7. The van der Waals surface area contributed by atoms with Crippen molar-refractivity contribution in [3.05, 3.63) is 246 Å². The molecule has 120 heavy (non-hydrogen) atoms. The first kappa shape index (κ1) is 81.0. The van der Waals surface area contributed by atoms with Crippen molar-refractivity contribution in [2.75, 3.05) is 136 Å². The normalized spacial score (nSPS) is 20.6. The average molecular weight is 1620 g/mol. The Hall–Kier alpha value is -11.3. The van der Waals surface area contributed by atoms with Crippen molar-refractivity contribution in [2.24, 2.45) is 0 Å². The first-order chi connectivity index (χ1) is 58.3. The minimum absolute atomic E-state index is 0.0885. The maximum Gasteiger partial charge on any atom is 0.410 e. The zero-order valence-corrected chi connectivity index (χ0v) is 69.8. The lowest BCUT2D eigenvalue weighted by Crippen LogP contribution is -2.49. The minimum atomic E-state index is -0.499. The number of aromatic nitrogens is 3. The van der Waals surface area contributed by atoms with Crippen LogP contribution in [0.2, 0.25) is 0 Å². The number of H-pyrrole nitrogens is 3. The summed E-state index contributed by atoms with van der Waals surface area (Å²) < 4.78 is 41.5. The molecule has 626 valence electrons. The molecule has 0 spiro atoms. The molecule has 1 amide bonds. The predicted molar refractivity (Wildman–Crippen MR) is 476 cm³/mol. The van der Waals surface area contributed by atoms with E-state index in [4.69, 9.17) is 33.2 Å². The quantitative estimate of drug-likeness (QED) is 0.0504. The Balaban J connectivity index is 0.000000129. The van der Waals surface area contributed by atoms with Gasteiger partial charge < -0.3 is 93.9 Å². The highest BCUT2D eigenvalue weighted by Gasteiger charge is 2.34. The van der Waals surface area contributed by atoms with E-state index >= 15 is 0 Å². The van der Waals surface area contributed by atoms with Crippen LogP contribution in [0.1, 0.15) is 119 Å². The number of nitrogens with one attached hydrogen (secondary N) is 7. The van der Waals surface area contributed by atoms with Gasteiger partial charge in [-0.25, -0.2) is 4.79 Å². The Bertz CT molecular complexity index is 5490. The van der Waals surface area contributed by atoms with Gasteiger partial charge in [0, 0.05) is 200 Å². The second-order valence-corrected chi connectivity index (χ2v) is 34.4. The first-order valence-corrected chi connectivity index (χ1v) is 43.1. The van der Waals surface area contributed by atoms with Gasteiger partial charge in [-0.05, 0) is 206 Å². The third kappa shape index (κ3) is 19.4. The van der Waals surface area contributed by atoms with Gasteiger partial charge in [0.25, 0.3) is 0 Å². The number of morpholine rings is 3. The summed E-state index contributed by atoms with van der Waals surface area (Å²) in [4.78, 5) is 70.6. The van der Waals surface area contributed by atoms with Gasteiger partial charge in [-0.3, -0.25) is 14.4 Å². The number of likely N-dealkylation sites (tertiary alicyclic amines) is 2. The third-order valence-corrected chi connectivity index (χ3v) is 24.5. The van der Waals surface area contributed by atoms with Crippen LogP contribution < -0.4 is 66.9 Å². The zero-order chi connectivity index (χ0) is 82.4. The number of para-hydroxylation sites is 3. The van der Waals surface area contributed by atoms with Crippen LogP contribution in [0, 0.1) is 0 Å². The number of hydrogen-bond donors (Lipinski definition) is 7. The molecule has 6 fully saturated rings. The number of nitrogens with zero attached hydrogens (tertiary/aromatic N) is 5. The molecule has 0 aliphatic carbocycles. The Morgan fingerprint density at radius 1 is 0.433 bits per heavy atom. The highest BCUT2D eigenvalue weighted by Crippen LogP contribution is 2.48. The van der Waals surface area contributed by atoms with Crippen molar-refractivity contribution < 1.29 is 38.0 Å². The fourth-order valence-electron chi connectivity index (χ4n) is 18.3. The van der Waals surface area contributed by atoms with E-state index in [-0.39, 0.29) is 34.9 Å². The molecule has 9 aliphatic heterocycles. The van der Waals surface area contributed by atoms with E-state index in [0.29, 0.717) is 70.4 Å². The Morgan fingerprint density at radius 3 is 1.23 bits per heavy atom. The third-order valence-electron chi connectivity index (χ3n) is 24.5. The average Bonchev–Trinajstić information content (AvgIpc) is 0.774. The van der Waals surface area contributed by atoms with E-state index in [9.17, 15) is 19.2 Å². The largest absolute Gasteiger partial charge is 0.456 e. The smallest absolute Gasteiger partial charge is 0.410 e. The van der Waals surface area contributed by atoms with E-state index < -0.39 is 5.60 Å². The highest BCUT2D eigenvalue weighted by molar-refractivity contribution is 5.78. The van der Waals surface area contributed by atoms with E-state index in [1.54, 1.807) is 18.2 Å². The highest BCUT2D eigenvalue weighted by atomic mass is 16.6. The molecule has 12 heterocycles. The van der Waals surface area contributed by atoms with Gasteiger partial charge >= 0.3 is 6.09 Å². The van der Waals surface area contributed by atoms with Gasteiger partial charge in [0.05, 0.1) is 56.7 Å². The van der Waals surface area contributed by atoms with Gasteiger partial charge in [-0.2, -0.15) is 0 Å². The lowest BCUT2D eigenvalue weighted by Gasteiger charge is -2.39. The summed E-state index contributed by atoms with van der Waals surface area (Å²) in [6, 6.07) is 61.9. The van der Waals surface area contributed by atoms with Crippen molar-refractivity contribution >= 4 is 40.2 Å². The summed E-state index contributed by atoms with van der Waals surface area (Å²) in [5.41, 5.74) is 18.4. The molecule has 0 bridgehead atoms. The molecule has 3 aromatic heterocycles. The molecular formula is C97H112N12O11. The van der Waals surface area contributed by atoms with E-state index in [2.05, 4.69) is 186 Å². The standard InChI is InChI=1S/C36H40N4O3.C33H40N4O5.C28H32N4O3/c1-25-20-30(13-15-39(25)14-12-26-6-3-2-4-7-26)37-29-10-11-34-28(22-29)21-27-8-5-9-32(36(27)43-34)33-23-31(24-35(41)38-33)40-16-18-42-19-17-40;1-21-16-25(10-11-37(21)32(39)42-33(2,3)4)34-24-8-9-29-23(18-24)17-22-6-5-7-27(31(22)41-29)28-19-26(20-30(38)35-28)36-12-14-40-15-13-36;1-18-13-22(7-8-29-18)30-21-5-6-26-20(15-21)14-19-3-2-4-24(28(19)35-26)25-16-23(17-27(33)31-25)32-9-11-34-12-10-32/h2-11,22-25,30,37H,12-21H2,1H3,(H,38,41);5-9,18-21,25,34H,10-17H2,1-4H3,(H,35,38);2-6,15-18,22,29-30H,7-14H2,1H3,(H,31,33). The number of pyridine rings is 3. The summed E-state index contributed by atoms with van der Waals surface area (Å²) in [5.74, 6) is 5.00. The number of carbonyl (C=O) groups is 1. The van der Waals surface area contributed by atoms with Crippen LogP contribution in [0.25, 0.3) is 33.8 Å². The maximum absolute atomic E-state index is 12.7. The molecular weight excluding hydrogens is 1510 g/mol. The molecule has 9 aliphatic rings. The molecule has 6 saturated heterocycles. The number of rotatable bonds is 15. The number of aromatic amines is 3. The van der Waals surface area contributed by atoms with E-state index in [1.165, 1.54) is 16.7 Å². The maximum atomic E-state index is 12.7. The van der Waals surface area contributed by atoms with Crippen molar-refractivity contribution in [1.29, 1.82) is 0 Å². The summed E-state index contributed by atoms with van der Waals surface area (Å²) in [7, 11) is 0. The molecule has 10 aromatic rings. The number of amides is 1. The summed E-state index contributed by atoms with van der Waals surface area (Å²) in [6.45, 7) is 25.0. The van der Waals surface area contributed by atoms with Crippen LogP contribution in [0.3, 0.4) is 0 Å². The van der Waals surface area contributed by atoms with Crippen LogP contribution >= 0.6 is 0 Å². The van der Waals surface area contributed by atoms with Crippen LogP contribution in [0.5, 0.6) is 34.5 Å². The number of piperidine rings is 3. The molecule has 19 rings (SSSR count). The van der Waals surface area contributed by atoms with Gasteiger partial charge in [-0.15, -0.1) is 0 Å². The fraction of sp³-hybridized carbons (Fsp3) is 0.402. The molecule has 0 saturated carbocycles. The molecule has 7 N–H and O–H groups in total. The molecule has 6 unspecified atom stereocenters. The number of carbonyl (C=O) groups excluding carboxylic acids is 1. The Labute approximate surface area is 702 Å². The molecule has 23 heteroatoms. The number of ether oxygens (including phenoxy) is 7. The predicted octanol–water partition coefficient (Wildman–Crippen LogP) is 16.0. The van der Waals surface area contributed by atoms with Gasteiger partial charge in [0.2, 0.25) is 16.7 Å². The number of fused-ring (bicyclic) bond motifs is 6. The number of anilines is 6. The molecule has 7 aromatic carbocycles. The lowest BCUT2D eigenvalue weighted by atomic mass is 9.95. The zero-order valence-electron chi connectivity index (χ0n) is 69.8. The lowest BCUT2D eigenvalue weighted by molar-refractivity contribution is 0.0112. The number of benzene rings is 7. The van der Waals surface area contributed by atoms with Crippen molar-refractivity contribution in [3.8, 4) is 68.3 Å². The topological polar surface area (TPSA) is 245 Å². The van der Waals surface area contributed by atoms with Crippen molar-refractivity contribution in [1.82, 2.24) is 30.1 Å². The monoisotopic (exact) mass is 1620 g/mol. The fourth-order valence-corrected chi connectivity index (χ4v) is 18.3. The second kappa shape index (κ2) is 36.3. The van der Waals surface area contributed by atoms with Crippen LogP contribution in [-0.2, 0) is 44.6 Å². The Morgan fingerprint density at radius 2 is 0.833 bits per heavy atom. The van der Waals surface area contributed by atoms with Crippen LogP contribution in [0.15, 0.2) is 190 Å².